The molecule has 0 unspecified atom stereocenters. The van der Waals surface area contributed by atoms with Crippen molar-refractivity contribution in [3.63, 3.8) is 0 Å². The Labute approximate surface area is 172 Å². The minimum absolute atomic E-state index is 0.139. The lowest BCUT2D eigenvalue weighted by molar-refractivity contribution is -0.139. The summed E-state index contributed by atoms with van der Waals surface area (Å²) >= 11 is 0. The van der Waals surface area contributed by atoms with Crippen LogP contribution in [0.5, 0.6) is 11.5 Å². The Hall–Kier alpha value is -3.88. The topological polar surface area (TPSA) is 115 Å². The van der Waals surface area contributed by atoms with Crippen LogP contribution in [0.4, 0.5) is 5.95 Å². The Morgan fingerprint density at radius 3 is 2.70 bits per heavy atom. The van der Waals surface area contributed by atoms with Gasteiger partial charge in [0.1, 0.15) is 0 Å². The first kappa shape index (κ1) is 20.8. The first-order chi connectivity index (χ1) is 14.4. The van der Waals surface area contributed by atoms with Gasteiger partial charge in [0.25, 0.3) is 5.56 Å². The number of hydrogen-bond donors (Lipinski definition) is 2. The molecule has 3 aromatic rings. The predicted molar refractivity (Wildman–Crippen MR) is 114 cm³/mol. The lowest BCUT2D eigenvalue weighted by atomic mass is 10.1. The molecule has 9 heteroatoms. The molecule has 0 aliphatic carbocycles. The highest BCUT2D eigenvalue weighted by atomic mass is 16.5. The lowest BCUT2D eigenvalue weighted by Gasteiger charge is -2.12. The average molecular weight is 410 g/mol. The third-order valence-electron chi connectivity index (χ3n) is 4.43. The van der Waals surface area contributed by atoms with Gasteiger partial charge in [-0.25, -0.2) is 15.2 Å². The summed E-state index contributed by atoms with van der Waals surface area (Å²) in [6.07, 6.45) is 0. The smallest absolute Gasteiger partial charge is 0.341 e. The van der Waals surface area contributed by atoms with Gasteiger partial charge in [-0.3, -0.25) is 9.36 Å². The molecule has 1 aromatic heterocycles. The fraction of sp³-hybridized carbons (Fsp3) is 0.238. The minimum atomic E-state index is -1.08. The van der Waals surface area contributed by atoms with E-state index in [1.165, 1.54) is 11.7 Å². The number of nitrogens with one attached hydrogen (secondary N) is 1. The van der Waals surface area contributed by atoms with Crippen molar-refractivity contribution in [1.29, 1.82) is 0 Å². The van der Waals surface area contributed by atoms with Gasteiger partial charge >= 0.3 is 5.97 Å². The highest BCUT2D eigenvalue weighted by Gasteiger charge is 2.11. The summed E-state index contributed by atoms with van der Waals surface area (Å²) in [5, 5.41) is 13.7. The second-order valence-electron chi connectivity index (χ2n) is 6.36. The van der Waals surface area contributed by atoms with Crippen LogP contribution >= 0.6 is 0 Å². The molecule has 30 heavy (non-hydrogen) atoms. The van der Waals surface area contributed by atoms with Crippen molar-refractivity contribution < 1.29 is 19.4 Å². The summed E-state index contributed by atoms with van der Waals surface area (Å²) in [5.74, 6) is -0.0279. The molecule has 1 heterocycles. The second-order valence-corrected chi connectivity index (χ2v) is 6.36. The zero-order valence-electron chi connectivity index (χ0n) is 16.9. The van der Waals surface area contributed by atoms with E-state index in [1.807, 2.05) is 13.0 Å². The van der Waals surface area contributed by atoms with E-state index in [2.05, 4.69) is 15.5 Å². The van der Waals surface area contributed by atoms with Gasteiger partial charge in [-0.15, -0.1) is 0 Å². The summed E-state index contributed by atoms with van der Waals surface area (Å²) < 4.78 is 12.0. The van der Waals surface area contributed by atoms with Crippen LogP contribution in [0.15, 0.2) is 52.4 Å². The Morgan fingerprint density at radius 2 is 2.00 bits per heavy atom. The molecule has 0 spiro atoms. The summed E-state index contributed by atoms with van der Waals surface area (Å²) in [5.41, 5.74) is 4.67. The molecule has 0 bridgehead atoms. The molecule has 0 saturated heterocycles. The molecule has 0 fully saturated rings. The van der Waals surface area contributed by atoms with Crippen LogP contribution in [0, 0.1) is 0 Å². The SMILES string of the molecule is CCn1c(N/N=C(/C)c2ccc(OCC(=O)O)c(OC)c2)nc2ccccc2c1=O. The number of anilines is 1. The number of para-hydroxylation sites is 1. The molecule has 3 rings (SSSR count). The number of rotatable bonds is 8. The number of hydrazone groups is 1. The highest BCUT2D eigenvalue weighted by molar-refractivity contribution is 5.99. The maximum absolute atomic E-state index is 12.7. The van der Waals surface area contributed by atoms with Gasteiger partial charge in [0, 0.05) is 12.1 Å². The zero-order valence-corrected chi connectivity index (χ0v) is 16.9. The number of carbonyl (C=O) groups is 1. The van der Waals surface area contributed by atoms with Crippen LogP contribution in [-0.4, -0.2) is 40.1 Å². The fourth-order valence-corrected chi connectivity index (χ4v) is 2.90. The van der Waals surface area contributed by atoms with Crippen molar-refractivity contribution in [2.24, 2.45) is 5.10 Å². The van der Waals surface area contributed by atoms with Gasteiger partial charge in [-0.1, -0.05) is 12.1 Å². The second kappa shape index (κ2) is 9.08. The van der Waals surface area contributed by atoms with Crippen molar-refractivity contribution in [3.05, 3.63) is 58.4 Å². The molecule has 0 saturated carbocycles. The van der Waals surface area contributed by atoms with E-state index in [0.29, 0.717) is 40.6 Å². The largest absolute Gasteiger partial charge is 0.493 e. The number of aliphatic carboxylic acids is 1. The summed E-state index contributed by atoms with van der Waals surface area (Å²) in [6.45, 7) is 3.62. The first-order valence-corrected chi connectivity index (χ1v) is 9.27. The lowest BCUT2D eigenvalue weighted by Crippen LogP contribution is -2.23. The zero-order chi connectivity index (χ0) is 21.7. The van der Waals surface area contributed by atoms with Crippen LogP contribution in [-0.2, 0) is 11.3 Å². The van der Waals surface area contributed by atoms with E-state index in [-0.39, 0.29) is 5.56 Å². The van der Waals surface area contributed by atoms with E-state index in [9.17, 15) is 9.59 Å². The monoisotopic (exact) mass is 410 g/mol. The van der Waals surface area contributed by atoms with Crippen LogP contribution < -0.4 is 20.5 Å². The summed E-state index contributed by atoms with van der Waals surface area (Å²) in [4.78, 5) is 27.9. The summed E-state index contributed by atoms with van der Waals surface area (Å²) in [7, 11) is 1.47. The maximum atomic E-state index is 12.7. The van der Waals surface area contributed by atoms with Gasteiger partial charge in [-0.05, 0) is 44.2 Å². The fourth-order valence-electron chi connectivity index (χ4n) is 2.90. The third-order valence-corrected chi connectivity index (χ3v) is 4.43. The predicted octanol–water partition coefficient (Wildman–Crippen LogP) is 2.72. The molecule has 2 N–H and O–H groups in total. The van der Waals surface area contributed by atoms with Crippen molar-refractivity contribution >= 4 is 28.5 Å². The number of nitrogens with zero attached hydrogens (tertiary/aromatic N) is 3. The summed E-state index contributed by atoms with van der Waals surface area (Å²) in [6, 6.07) is 12.2. The highest BCUT2D eigenvalue weighted by Crippen LogP contribution is 2.28. The molecule has 0 radical (unpaired) electrons. The number of ether oxygens (including phenoxy) is 2. The van der Waals surface area contributed by atoms with Crippen LogP contribution in [0.1, 0.15) is 19.4 Å². The number of carboxylic acid groups (broad SMARTS) is 1. The number of fused-ring (bicyclic) bond motifs is 1. The standard InChI is InChI=1S/C21H22N4O5/c1-4-25-20(28)15-7-5-6-8-16(15)22-21(25)24-23-13(2)14-9-10-17(18(11-14)29-3)30-12-19(26)27/h5-11H,4,12H2,1-3H3,(H,22,24)(H,26,27)/b23-13-. The maximum Gasteiger partial charge on any atom is 0.341 e. The van der Waals surface area contributed by atoms with E-state index in [1.54, 1.807) is 43.3 Å². The number of carboxylic acids is 1. The van der Waals surface area contributed by atoms with Gasteiger partial charge < -0.3 is 14.6 Å². The normalized spacial score (nSPS) is 11.4. The van der Waals surface area contributed by atoms with Crippen molar-refractivity contribution in [2.75, 3.05) is 19.1 Å². The van der Waals surface area contributed by atoms with Gasteiger partial charge in [-0.2, -0.15) is 5.10 Å². The number of hydrogen-bond acceptors (Lipinski definition) is 7. The number of benzene rings is 2. The van der Waals surface area contributed by atoms with Gasteiger partial charge in [0.15, 0.2) is 18.1 Å². The van der Waals surface area contributed by atoms with E-state index in [4.69, 9.17) is 14.6 Å². The van der Waals surface area contributed by atoms with Gasteiger partial charge in [0.2, 0.25) is 5.95 Å². The molecule has 0 amide bonds. The van der Waals surface area contributed by atoms with E-state index < -0.39 is 12.6 Å². The first-order valence-electron chi connectivity index (χ1n) is 9.27. The Kier molecular flexibility index (Phi) is 6.31. The van der Waals surface area contributed by atoms with E-state index in [0.717, 1.165) is 5.56 Å². The number of methoxy groups -OCH3 is 1. The Bertz CT molecular complexity index is 1170. The van der Waals surface area contributed by atoms with Crippen LogP contribution in [0.2, 0.25) is 0 Å². The molecule has 156 valence electrons. The molecule has 0 atom stereocenters. The van der Waals surface area contributed by atoms with E-state index >= 15 is 0 Å². The Balaban J connectivity index is 1.89. The van der Waals surface area contributed by atoms with Crippen LogP contribution in [0.3, 0.4) is 0 Å². The molecular weight excluding hydrogens is 388 g/mol. The third kappa shape index (κ3) is 4.40. The minimum Gasteiger partial charge on any atom is -0.493 e. The van der Waals surface area contributed by atoms with Crippen molar-refractivity contribution in [1.82, 2.24) is 9.55 Å². The molecule has 0 aliphatic rings. The van der Waals surface area contributed by atoms with Crippen LogP contribution in [0.25, 0.3) is 10.9 Å². The van der Waals surface area contributed by atoms with Crippen molar-refractivity contribution in [3.8, 4) is 11.5 Å². The molecular formula is C21H22N4O5. The quantitative estimate of drug-likeness (QED) is 0.433. The number of aromatic nitrogens is 2. The molecule has 2 aromatic carbocycles. The molecule has 9 nitrogen and oxygen atoms in total. The molecule has 0 aliphatic heterocycles. The van der Waals surface area contributed by atoms with Crippen molar-refractivity contribution in [2.45, 2.75) is 20.4 Å². The van der Waals surface area contributed by atoms with Gasteiger partial charge in [0.05, 0.1) is 23.7 Å². The average Bonchev–Trinajstić information content (AvgIpc) is 2.76. The Morgan fingerprint density at radius 1 is 1.23 bits per heavy atom.